The van der Waals surface area contributed by atoms with Gasteiger partial charge in [0.05, 0.1) is 5.56 Å². The normalized spacial score (nSPS) is 12.9. The molecule has 0 aliphatic heterocycles. The van der Waals surface area contributed by atoms with Gasteiger partial charge in [-0.3, -0.25) is 4.79 Å². The number of phenols is 1. The number of halogens is 1. The highest BCUT2D eigenvalue weighted by Gasteiger charge is 2.17. The lowest BCUT2D eigenvalue weighted by atomic mass is 10.1. The average Bonchev–Trinajstić information content (AvgIpc) is 2.90. The van der Waals surface area contributed by atoms with E-state index in [1.165, 1.54) is 29.3 Å². The Morgan fingerprint density at radius 1 is 1.14 bits per heavy atom. The predicted molar refractivity (Wildman–Crippen MR) is 81.9 cm³/mol. The number of nitrogens with one attached hydrogen (secondary N) is 1. The first-order valence-corrected chi connectivity index (χ1v) is 6.92. The summed E-state index contributed by atoms with van der Waals surface area (Å²) in [5, 5.41) is 14.2. The molecule has 2 N–H and O–H groups in total. The second-order valence-electron chi connectivity index (χ2n) is 4.90. The summed E-state index contributed by atoms with van der Waals surface area (Å²) in [5.41, 5.74) is 5.95. The number of rotatable bonds is 2. The van der Waals surface area contributed by atoms with E-state index in [0.29, 0.717) is 5.02 Å². The smallest absolute Gasteiger partial charge is 0.275 e. The Balaban J connectivity index is 1.72. The predicted octanol–water partition coefficient (Wildman–Crippen LogP) is 2.93. The molecular weight excluding hydrogens is 288 g/mol. The minimum Gasteiger partial charge on any atom is -0.507 e. The first-order chi connectivity index (χ1) is 10.1. The average molecular weight is 301 g/mol. The van der Waals surface area contributed by atoms with E-state index >= 15 is 0 Å². The molecule has 0 aromatic heterocycles. The van der Waals surface area contributed by atoms with Crippen molar-refractivity contribution in [3.05, 3.63) is 64.2 Å². The molecule has 106 valence electrons. The molecular formula is C16H13ClN2O2. The standard InChI is InChI=1S/C16H13ClN2O2/c17-12-5-6-15(20)14(9-12)16(21)19-18-13-7-10-3-1-2-4-11(10)8-13/h1-6,9,20H,7-8H2,(H,19,21). The van der Waals surface area contributed by atoms with Crippen molar-refractivity contribution in [3.8, 4) is 5.75 Å². The lowest BCUT2D eigenvalue weighted by molar-refractivity contribution is 0.0952. The topological polar surface area (TPSA) is 61.7 Å². The van der Waals surface area contributed by atoms with Crippen molar-refractivity contribution in [1.29, 1.82) is 0 Å². The summed E-state index contributed by atoms with van der Waals surface area (Å²) in [6, 6.07) is 12.4. The number of nitrogens with zero attached hydrogens (tertiary/aromatic N) is 1. The van der Waals surface area contributed by atoms with Crippen molar-refractivity contribution in [3.63, 3.8) is 0 Å². The number of phenolic OH excluding ortho intramolecular Hbond substituents is 1. The number of hydrazone groups is 1. The van der Waals surface area contributed by atoms with E-state index in [1.807, 2.05) is 12.1 Å². The van der Waals surface area contributed by atoms with E-state index in [0.717, 1.165) is 18.6 Å². The number of amides is 1. The van der Waals surface area contributed by atoms with Crippen LogP contribution in [-0.2, 0) is 12.8 Å². The second-order valence-corrected chi connectivity index (χ2v) is 5.34. The van der Waals surface area contributed by atoms with Gasteiger partial charge in [-0.25, -0.2) is 5.43 Å². The fourth-order valence-electron chi connectivity index (χ4n) is 2.36. The molecule has 0 saturated carbocycles. The molecule has 3 rings (SSSR count). The maximum absolute atomic E-state index is 12.0. The molecule has 2 aromatic carbocycles. The number of hydrogen-bond acceptors (Lipinski definition) is 3. The van der Waals surface area contributed by atoms with Gasteiger partial charge in [0.1, 0.15) is 5.75 Å². The largest absolute Gasteiger partial charge is 0.507 e. The molecule has 2 aromatic rings. The van der Waals surface area contributed by atoms with Gasteiger partial charge in [0.25, 0.3) is 5.91 Å². The van der Waals surface area contributed by atoms with Gasteiger partial charge in [-0.15, -0.1) is 0 Å². The molecule has 21 heavy (non-hydrogen) atoms. The molecule has 0 saturated heterocycles. The molecule has 0 atom stereocenters. The van der Waals surface area contributed by atoms with E-state index in [2.05, 4.69) is 22.7 Å². The van der Waals surface area contributed by atoms with E-state index in [-0.39, 0.29) is 11.3 Å². The van der Waals surface area contributed by atoms with E-state index < -0.39 is 5.91 Å². The molecule has 0 spiro atoms. The monoisotopic (exact) mass is 300 g/mol. The Bertz CT molecular complexity index is 714. The molecule has 0 radical (unpaired) electrons. The lowest BCUT2D eigenvalue weighted by Crippen LogP contribution is -2.20. The maximum atomic E-state index is 12.0. The molecule has 5 heteroatoms. The van der Waals surface area contributed by atoms with Crippen LogP contribution in [0.5, 0.6) is 5.75 Å². The van der Waals surface area contributed by atoms with Crippen LogP contribution in [0.4, 0.5) is 0 Å². The molecule has 4 nitrogen and oxygen atoms in total. The van der Waals surface area contributed by atoms with Gasteiger partial charge in [-0.1, -0.05) is 35.9 Å². The van der Waals surface area contributed by atoms with Crippen LogP contribution in [0.1, 0.15) is 21.5 Å². The molecule has 1 aliphatic rings. The molecule has 0 unspecified atom stereocenters. The van der Waals surface area contributed by atoms with Crippen LogP contribution in [0.3, 0.4) is 0 Å². The first-order valence-electron chi connectivity index (χ1n) is 6.54. The summed E-state index contributed by atoms with van der Waals surface area (Å²) in [4.78, 5) is 12.0. The highest BCUT2D eigenvalue weighted by molar-refractivity contribution is 6.31. The van der Waals surface area contributed by atoms with E-state index in [1.54, 1.807) is 0 Å². The summed E-state index contributed by atoms with van der Waals surface area (Å²) in [7, 11) is 0. The van der Waals surface area contributed by atoms with Gasteiger partial charge in [0, 0.05) is 23.6 Å². The molecule has 1 aliphatic carbocycles. The highest BCUT2D eigenvalue weighted by atomic mass is 35.5. The van der Waals surface area contributed by atoms with Gasteiger partial charge in [0.2, 0.25) is 0 Å². The van der Waals surface area contributed by atoms with Gasteiger partial charge >= 0.3 is 0 Å². The minimum absolute atomic E-state index is 0.113. The van der Waals surface area contributed by atoms with Gasteiger partial charge in [-0.05, 0) is 29.3 Å². The Hall–Kier alpha value is -2.33. The van der Waals surface area contributed by atoms with Crippen molar-refractivity contribution in [2.45, 2.75) is 12.8 Å². The van der Waals surface area contributed by atoms with Crippen molar-refractivity contribution in [2.75, 3.05) is 0 Å². The highest BCUT2D eigenvalue weighted by Crippen LogP contribution is 2.22. The third-order valence-corrected chi connectivity index (χ3v) is 3.66. The zero-order valence-electron chi connectivity index (χ0n) is 11.1. The van der Waals surface area contributed by atoms with E-state index in [4.69, 9.17) is 11.6 Å². The summed E-state index contributed by atoms with van der Waals surface area (Å²) < 4.78 is 0. The Labute approximate surface area is 127 Å². The summed E-state index contributed by atoms with van der Waals surface area (Å²) in [5.74, 6) is -0.592. The third-order valence-electron chi connectivity index (χ3n) is 3.43. The summed E-state index contributed by atoms with van der Waals surface area (Å²) >= 11 is 5.82. The van der Waals surface area contributed by atoms with Crippen LogP contribution in [-0.4, -0.2) is 16.7 Å². The Morgan fingerprint density at radius 2 is 1.81 bits per heavy atom. The van der Waals surface area contributed by atoms with Crippen molar-refractivity contribution >= 4 is 23.2 Å². The first kappa shape index (κ1) is 13.6. The summed E-state index contributed by atoms with van der Waals surface area (Å²) in [6.45, 7) is 0. The number of carbonyl (C=O) groups excluding carboxylic acids is 1. The van der Waals surface area contributed by atoms with Crippen LogP contribution in [0.2, 0.25) is 5.02 Å². The fourth-order valence-corrected chi connectivity index (χ4v) is 2.54. The fraction of sp³-hybridized carbons (Fsp3) is 0.125. The quantitative estimate of drug-likeness (QED) is 0.838. The van der Waals surface area contributed by atoms with Gasteiger partial charge in [0.15, 0.2) is 0 Å². The third kappa shape index (κ3) is 2.90. The van der Waals surface area contributed by atoms with Crippen LogP contribution in [0.25, 0.3) is 0 Å². The number of aromatic hydroxyl groups is 1. The van der Waals surface area contributed by atoms with Crippen molar-refractivity contribution in [2.24, 2.45) is 5.10 Å². The summed E-state index contributed by atoms with van der Waals surface area (Å²) in [6.07, 6.45) is 1.47. The molecule has 1 amide bonds. The number of carbonyl (C=O) groups is 1. The number of fused-ring (bicyclic) bond motifs is 1. The van der Waals surface area contributed by atoms with Crippen LogP contribution in [0.15, 0.2) is 47.6 Å². The van der Waals surface area contributed by atoms with Crippen molar-refractivity contribution in [1.82, 2.24) is 5.43 Å². The molecule has 0 heterocycles. The van der Waals surface area contributed by atoms with Gasteiger partial charge in [-0.2, -0.15) is 5.10 Å². The van der Waals surface area contributed by atoms with Crippen LogP contribution < -0.4 is 5.43 Å². The Kier molecular flexibility index (Phi) is 3.62. The Morgan fingerprint density at radius 3 is 2.48 bits per heavy atom. The SMILES string of the molecule is O=C(NN=C1Cc2ccccc2C1)c1cc(Cl)ccc1O. The maximum Gasteiger partial charge on any atom is 0.275 e. The number of hydrogen-bond donors (Lipinski definition) is 2. The number of benzene rings is 2. The minimum atomic E-state index is -0.474. The molecule has 0 fully saturated rings. The molecule has 0 bridgehead atoms. The lowest BCUT2D eigenvalue weighted by Gasteiger charge is -2.04. The van der Waals surface area contributed by atoms with Crippen LogP contribution >= 0.6 is 11.6 Å². The van der Waals surface area contributed by atoms with Crippen molar-refractivity contribution < 1.29 is 9.90 Å². The zero-order valence-corrected chi connectivity index (χ0v) is 11.9. The van der Waals surface area contributed by atoms with Crippen LogP contribution in [0, 0.1) is 0 Å². The van der Waals surface area contributed by atoms with Gasteiger partial charge < -0.3 is 5.11 Å². The second kappa shape index (κ2) is 5.58. The zero-order chi connectivity index (χ0) is 14.8. The van der Waals surface area contributed by atoms with E-state index in [9.17, 15) is 9.90 Å².